The van der Waals surface area contributed by atoms with Gasteiger partial charge in [-0.05, 0) is 37.0 Å². The van der Waals surface area contributed by atoms with Gasteiger partial charge in [0.1, 0.15) is 0 Å². The minimum absolute atomic E-state index is 0.0140. The van der Waals surface area contributed by atoms with E-state index in [-0.39, 0.29) is 17.8 Å². The number of hydrogen-bond acceptors (Lipinski definition) is 7. The molecule has 8 nitrogen and oxygen atoms in total. The van der Waals surface area contributed by atoms with Gasteiger partial charge >= 0.3 is 11.8 Å². The zero-order valence-corrected chi connectivity index (χ0v) is 13.2. The van der Waals surface area contributed by atoms with Crippen LogP contribution in [-0.4, -0.2) is 26.2 Å². The highest BCUT2D eigenvalue weighted by Gasteiger charge is 2.26. The first-order chi connectivity index (χ1) is 11.6. The first-order valence-corrected chi connectivity index (χ1v) is 7.65. The Balaban J connectivity index is 1.55. The van der Waals surface area contributed by atoms with Crippen LogP contribution < -0.4 is 5.32 Å². The Labute approximate surface area is 137 Å². The molecule has 0 bridgehead atoms. The molecule has 122 valence electrons. The lowest BCUT2D eigenvalue weighted by Gasteiger charge is -2.12. The number of carbonyl (C=O) groups is 1. The van der Waals surface area contributed by atoms with Crippen LogP contribution in [0.15, 0.2) is 27.2 Å². The third-order valence-electron chi connectivity index (χ3n) is 4.03. The van der Waals surface area contributed by atoms with Crippen molar-refractivity contribution in [1.82, 2.24) is 25.6 Å². The normalized spacial score (nSPS) is 16.2. The lowest BCUT2D eigenvalue weighted by molar-refractivity contribution is 0.0892. The summed E-state index contributed by atoms with van der Waals surface area (Å²) in [5.41, 5.74) is 3.16. The predicted molar refractivity (Wildman–Crippen MR) is 82.0 cm³/mol. The minimum Gasteiger partial charge on any atom is -0.341 e. The van der Waals surface area contributed by atoms with Crippen LogP contribution in [0.1, 0.15) is 46.0 Å². The molecular weight excluding hydrogens is 310 g/mol. The van der Waals surface area contributed by atoms with E-state index in [2.05, 4.69) is 25.6 Å². The molecule has 1 amide bonds. The summed E-state index contributed by atoms with van der Waals surface area (Å²) in [5.74, 6) is 1.17. The molecule has 4 rings (SSSR count). The highest BCUT2D eigenvalue weighted by Crippen LogP contribution is 2.33. The maximum atomic E-state index is 12.2. The second-order valence-corrected chi connectivity index (χ2v) is 5.76. The highest BCUT2D eigenvalue weighted by molar-refractivity contribution is 5.89. The SMILES string of the molecule is Cc1noc(C(=O)NC2CCc3cc(-c4noc(C)n4)ccc32)n1. The van der Waals surface area contributed by atoms with Gasteiger partial charge in [0.15, 0.2) is 5.82 Å². The zero-order chi connectivity index (χ0) is 16.7. The van der Waals surface area contributed by atoms with E-state index in [9.17, 15) is 4.79 Å². The molecule has 0 saturated heterocycles. The molecule has 3 aromatic rings. The molecule has 24 heavy (non-hydrogen) atoms. The topological polar surface area (TPSA) is 107 Å². The van der Waals surface area contributed by atoms with E-state index in [0.29, 0.717) is 17.5 Å². The Bertz CT molecular complexity index is 914. The fourth-order valence-corrected chi connectivity index (χ4v) is 2.93. The smallest absolute Gasteiger partial charge is 0.315 e. The van der Waals surface area contributed by atoms with Crippen LogP contribution in [0.4, 0.5) is 0 Å². The number of rotatable bonds is 3. The van der Waals surface area contributed by atoms with Crippen molar-refractivity contribution in [3.05, 3.63) is 46.9 Å². The van der Waals surface area contributed by atoms with E-state index in [0.717, 1.165) is 24.0 Å². The van der Waals surface area contributed by atoms with Gasteiger partial charge in [0.2, 0.25) is 11.7 Å². The van der Waals surface area contributed by atoms with Crippen molar-refractivity contribution in [2.24, 2.45) is 0 Å². The van der Waals surface area contributed by atoms with E-state index >= 15 is 0 Å². The fourth-order valence-electron chi connectivity index (χ4n) is 2.93. The standard InChI is InChI=1S/C16H15N5O3/c1-8-17-16(24-20-8)15(22)19-13-6-4-10-7-11(3-5-12(10)13)14-18-9(2)23-21-14/h3,5,7,13H,4,6H2,1-2H3,(H,19,22). The lowest BCUT2D eigenvalue weighted by Crippen LogP contribution is -2.27. The van der Waals surface area contributed by atoms with Gasteiger partial charge in [-0.3, -0.25) is 4.79 Å². The molecule has 0 saturated carbocycles. The molecule has 0 spiro atoms. The van der Waals surface area contributed by atoms with Crippen LogP contribution in [0, 0.1) is 13.8 Å². The second-order valence-electron chi connectivity index (χ2n) is 5.76. The number of aromatic nitrogens is 4. The maximum Gasteiger partial charge on any atom is 0.315 e. The van der Waals surface area contributed by atoms with Crippen LogP contribution in [0.5, 0.6) is 0 Å². The van der Waals surface area contributed by atoms with Crippen molar-refractivity contribution >= 4 is 5.91 Å². The molecule has 8 heteroatoms. The monoisotopic (exact) mass is 325 g/mol. The quantitative estimate of drug-likeness (QED) is 0.786. The molecule has 2 heterocycles. The van der Waals surface area contributed by atoms with Crippen molar-refractivity contribution < 1.29 is 13.8 Å². The molecule has 1 atom stereocenters. The van der Waals surface area contributed by atoms with Gasteiger partial charge in [-0.25, -0.2) is 0 Å². The van der Waals surface area contributed by atoms with Gasteiger partial charge < -0.3 is 14.4 Å². The molecule has 1 aliphatic carbocycles. The summed E-state index contributed by atoms with van der Waals surface area (Å²) >= 11 is 0. The van der Waals surface area contributed by atoms with Crippen molar-refractivity contribution in [3.63, 3.8) is 0 Å². The number of fused-ring (bicyclic) bond motifs is 1. The second kappa shape index (κ2) is 5.55. The van der Waals surface area contributed by atoms with Crippen molar-refractivity contribution in [3.8, 4) is 11.4 Å². The summed E-state index contributed by atoms with van der Waals surface area (Å²) in [7, 11) is 0. The largest absolute Gasteiger partial charge is 0.341 e. The Morgan fingerprint density at radius 2 is 2.08 bits per heavy atom. The molecule has 0 aliphatic heterocycles. The van der Waals surface area contributed by atoms with Crippen LogP contribution in [0.2, 0.25) is 0 Å². The summed E-state index contributed by atoms with van der Waals surface area (Å²) in [6.07, 6.45) is 1.69. The number of carbonyl (C=O) groups excluding carboxylic acids is 1. The van der Waals surface area contributed by atoms with E-state index in [1.807, 2.05) is 18.2 Å². The van der Waals surface area contributed by atoms with Crippen LogP contribution in [-0.2, 0) is 6.42 Å². The zero-order valence-electron chi connectivity index (χ0n) is 13.2. The number of nitrogens with zero attached hydrogens (tertiary/aromatic N) is 4. The summed E-state index contributed by atoms with van der Waals surface area (Å²) in [4.78, 5) is 20.4. The maximum absolute atomic E-state index is 12.2. The Hall–Kier alpha value is -3.03. The molecule has 1 aliphatic rings. The van der Waals surface area contributed by atoms with E-state index < -0.39 is 0 Å². The number of benzene rings is 1. The Morgan fingerprint density at radius 3 is 2.79 bits per heavy atom. The number of amides is 1. The molecule has 0 fully saturated rings. The molecular formula is C16H15N5O3. The molecule has 1 N–H and O–H groups in total. The Kier molecular flexibility index (Phi) is 3.37. The average Bonchev–Trinajstić information content (AvgIpc) is 3.28. The lowest BCUT2D eigenvalue weighted by atomic mass is 10.0. The van der Waals surface area contributed by atoms with E-state index in [4.69, 9.17) is 9.05 Å². The summed E-state index contributed by atoms with van der Waals surface area (Å²) < 4.78 is 9.93. The highest BCUT2D eigenvalue weighted by atomic mass is 16.5. The number of nitrogens with one attached hydrogen (secondary N) is 1. The van der Waals surface area contributed by atoms with Gasteiger partial charge in [0, 0.05) is 12.5 Å². The Morgan fingerprint density at radius 1 is 1.21 bits per heavy atom. The molecule has 0 radical (unpaired) electrons. The van der Waals surface area contributed by atoms with E-state index in [1.54, 1.807) is 13.8 Å². The average molecular weight is 325 g/mol. The summed E-state index contributed by atoms with van der Waals surface area (Å²) in [5, 5.41) is 10.5. The van der Waals surface area contributed by atoms with Gasteiger partial charge in [-0.15, -0.1) is 0 Å². The van der Waals surface area contributed by atoms with E-state index in [1.165, 1.54) is 5.56 Å². The van der Waals surface area contributed by atoms with Crippen molar-refractivity contribution in [2.45, 2.75) is 32.7 Å². The van der Waals surface area contributed by atoms with Gasteiger partial charge in [-0.1, -0.05) is 22.4 Å². The van der Waals surface area contributed by atoms with Crippen LogP contribution in [0.3, 0.4) is 0 Å². The van der Waals surface area contributed by atoms with Crippen molar-refractivity contribution in [2.75, 3.05) is 0 Å². The van der Waals surface area contributed by atoms with Gasteiger partial charge in [0.05, 0.1) is 6.04 Å². The predicted octanol–water partition coefficient (Wildman–Crippen LogP) is 2.15. The minimum atomic E-state index is -0.355. The number of hydrogen-bond donors (Lipinski definition) is 1. The number of aryl methyl sites for hydroxylation is 3. The van der Waals surface area contributed by atoms with Gasteiger partial charge in [-0.2, -0.15) is 9.97 Å². The fraction of sp³-hybridized carbons (Fsp3) is 0.312. The third-order valence-corrected chi connectivity index (χ3v) is 4.03. The summed E-state index contributed by atoms with van der Waals surface area (Å²) in [6, 6.07) is 5.90. The van der Waals surface area contributed by atoms with Crippen LogP contribution in [0.25, 0.3) is 11.4 Å². The third kappa shape index (κ3) is 2.55. The van der Waals surface area contributed by atoms with Gasteiger partial charge in [0.25, 0.3) is 0 Å². The summed E-state index contributed by atoms with van der Waals surface area (Å²) in [6.45, 7) is 3.43. The molecule has 1 unspecified atom stereocenters. The first-order valence-electron chi connectivity index (χ1n) is 7.65. The molecule has 1 aromatic carbocycles. The van der Waals surface area contributed by atoms with Crippen LogP contribution >= 0.6 is 0 Å². The first kappa shape index (κ1) is 14.6. The van der Waals surface area contributed by atoms with Crippen molar-refractivity contribution in [1.29, 1.82) is 0 Å². The molecule has 2 aromatic heterocycles.